The molecule has 0 saturated heterocycles. The molecule has 0 spiro atoms. The Bertz CT molecular complexity index is 650. The van der Waals surface area contributed by atoms with Crippen LogP contribution in [-0.4, -0.2) is 20.2 Å². The van der Waals surface area contributed by atoms with Gasteiger partial charge < -0.3 is 4.98 Å². The van der Waals surface area contributed by atoms with Crippen molar-refractivity contribution in [2.24, 2.45) is 0 Å². The Hall–Kier alpha value is -2.20. The van der Waals surface area contributed by atoms with Gasteiger partial charge in [0.05, 0.1) is 12.0 Å². The molecule has 2 aromatic heterocycles. The quantitative estimate of drug-likeness (QED) is 0.800. The van der Waals surface area contributed by atoms with E-state index in [-0.39, 0.29) is 5.92 Å². The van der Waals surface area contributed by atoms with Crippen molar-refractivity contribution in [3.63, 3.8) is 0 Å². The van der Waals surface area contributed by atoms with E-state index < -0.39 is 0 Å². The molecule has 4 nitrogen and oxygen atoms in total. The Kier molecular flexibility index (Phi) is 3.74. The van der Waals surface area contributed by atoms with E-state index in [1.807, 2.05) is 42.6 Å². The normalized spacial score (nSPS) is 12.2. The Balaban J connectivity index is 1.94. The Morgan fingerprint density at radius 2 is 2.00 bits per heavy atom. The van der Waals surface area contributed by atoms with Crippen molar-refractivity contribution < 1.29 is 0 Å². The van der Waals surface area contributed by atoms with Crippen molar-refractivity contribution in [2.45, 2.75) is 12.3 Å². The number of halogens is 1. The number of hydrogen-bond donors (Lipinski definition) is 1. The maximum Gasteiger partial charge on any atom is 0.0921 e. The molecule has 100 valence electrons. The van der Waals surface area contributed by atoms with Gasteiger partial charge in [-0.2, -0.15) is 10.2 Å². The van der Waals surface area contributed by atoms with E-state index in [1.165, 1.54) is 5.56 Å². The molecule has 3 aromatic rings. The first kappa shape index (κ1) is 12.8. The largest absolute Gasteiger partial charge is 0.348 e. The van der Waals surface area contributed by atoms with Crippen LogP contribution in [0, 0.1) is 0 Å². The fourth-order valence-electron chi connectivity index (χ4n) is 2.21. The second kappa shape index (κ2) is 5.84. The summed E-state index contributed by atoms with van der Waals surface area (Å²) in [4.78, 5) is 7.29. The predicted octanol–water partition coefficient (Wildman–Crippen LogP) is 3.23. The van der Waals surface area contributed by atoms with Gasteiger partial charge in [-0.25, -0.2) is 4.98 Å². The molecule has 0 bridgehead atoms. The zero-order chi connectivity index (χ0) is 13.8. The number of aromatic nitrogens is 4. The molecule has 3 rings (SSSR count). The van der Waals surface area contributed by atoms with Crippen molar-refractivity contribution >= 4 is 11.6 Å². The van der Waals surface area contributed by atoms with Gasteiger partial charge in [-0.15, -0.1) is 0 Å². The van der Waals surface area contributed by atoms with E-state index in [2.05, 4.69) is 20.2 Å². The smallest absolute Gasteiger partial charge is 0.0921 e. The Labute approximate surface area is 121 Å². The third-order valence-corrected chi connectivity index (χ3v) is 3.46. The molecule has 0 aliphatic heterocycles. The molecular formula is C15H13ClN4. The van der Waals surface area contributed by atoms with Gasteiger partial charge in [0.2, 0.25) is 0 Å². The summed E-state index contributed by atoms with van der Waals surface area (Å²) < 4.78 is 0. The molecule has 0 fully saturated rings. The molecule has 1 unspecified atom stereocenters. The number of imidazole rings is 1. The average molecular weight is 285 g/mol. The number of nitrogens with one attached hydrogen (secondary N) is 1. The van der Waals surface area contributed by atoms with Crippen molar-refractivity contribution in [3.8, 4) is 0 Å². The molecule has 1 N–H and O–H groups in total. The van der Waals surface area contributed by atoms with E-state index >= 15 is 0 Å². The van der Waals surface area contributed by atoms with Crippen LogP contribution in [0.25, 0.3) is 0 Å². The molecular weight excluding hydrogens is 272 g/mol. The van der Waals surface area contributed by atoms with Gasteiger partial charge in [-0.05, 0) is 29.8 Å². The lowest BCUT2D eigenvalue weighted by atomic mass is 9.91. The van der Waals surface area contributed by atoms with Gasteiger partial charge in [0, 0.05) is 35.4 Å². The first-order valence-corrected chi connectivity index (χ1v) is 6.71. The molecule has 20 heavy (non-hydrogen) atoms. The third kappa shape index (κ3) is 2.86. The highest BCUT2D eigenvalue weighted by molar-refractivity contribution is 6.30. The number of rotatable bonds is 4. The van der Waals surface area contributed by atoms with Crippen LogP contribution in [0.2, 0.25) is 5.02 Å². The summed E-state index contributed by atoms with van der Waals surface area (Å²) in [6.07, 6.45) is 5.97. The number of nitrogens with zero attached hydrogens (tertiary/aromatic N) is 3. The topological polar surface area (TPSA) is 54.5 Å². The lowest BCUT2D eigenvalue weighted by Gasteiger charge is -2.15. The van der Waals surface area contributed by atoms with Gasteiger partial charge in [0.1, 0.15) is 0 Å². The SMILES string of the molecule is Clc1ccc(C(Cc2cccnn2)c2cnc[nH]2)cc1. The third-order valence-electron chi connectivity index (χ3n) is 3.21. The van der Waals surface area contributed by atoms with E-state index in [0.29, 0.717) is 0 Å². The molecule has 0 radical (unpaired) electrons. The molecule has 0 amide bonds. The maximum atomic E-state index is 5.96. The summed E-state index contributed by atoms with van der Waals surface area (Å²) in [5.74, 6) is 0.159. The lowest BCUT2D eigenvalue weighted by molar-refractivity contribution is 0.744. The molecule has 0 aliphatic rings. The maximum absolute atomic E-state index is 5.96. The van der Waals surface area contributed by atoms with Crippen molar-refractivity contribution in [3.05, 3.63) is 77.1 Å². The van der Waals surface area contributed by atoms with Gasteiger partial charge in [0.25, 0.3) is 0 Å². The minimum absolute atomic E-state index is 0.159. The molecule has 0 aliphatic carbocycles. The number of benzene rings is 1. The van der Waals surface area contributed by atoms with Crippen LogP contribution in [0.1, 0.15) is 22.9 Å². The first-order chi connectivity index (χ1) is 9.83. The number of hydrogen-bond acceptors (Lipinski definition) is 3. The fourth-order valence-corrected chi connectivity index (χ4v) is 2.34. The van der Waals surface area contributed by atoms with E-state index in [9.17, 15) is 0 Å². The summed E-state index contributed by atoms with van der Waals surface area (Å²) in [6, 6.07) is 11.7. The van der Waals surface area contributed by atoms with E-state index in [1.54, 1.807) is 12.5 Å². The summed E-state index contributed by atoms with van der Waals surface area (Å²) >= 11 is 5.96. The molecule has 5 heteroatoms. The van der Waals surface area contributed by atoms with Crippen molar-refractivity contribution in [1.29, 1.82) is 0 Å². The van der Waals surface area contributed by atoms with Crippen molar-refractivity contribution in [1.82, 2.24) is 20.2 Å². The summed E-state index contributed by atoms with van der Waals surface area (Å²) in [5.41, 5.74) is 3.17. The minimum atomic E-state index is 0.159. The zero-order valence-electron chi connectivity index (χ0n) is 10.7. The van der Waals surface area contributed by atoms with Gasteiger partial charge in [-0.1, -0.05) is 23.7 Å². The zero-order valence-corrected chi connectivity index (χ0v) is 11.5. The number of H-pyrrole nitrogens is 1. The average Bonchev–Trinajstić information content (AvgIpc) is 3.01. The standard InChI is InChI=1S/C15H13ClN4/c16-12-5-3-11(4-6-12)14(15-9-17-10-18-15)8-13-2-1-7-19-20-13/h1-7,9-10,14H,8H2,(H,17,18). The second-order valence-electron chi connectivity index (χ2n) is 4.53. The summed E-state index contributed by atoms with van der Waals surface area (Å²) in [6.45, 7) is 0. The van der Waals surface area contributed by atoms with E-state index in [4.69, 9.17) is 11.6 Å². The molecule has 2 heterocycles. The highest BCUT2D eigenvalue weighted by Gasteiger charge is 2.17. The highest BCUT2D eigenvalue weighted by atomic mass is 35.5. The van der Waals surface area contributed by atoms with Crippen molar-refractivity contribution in [2.75, 3.05) is 0 Å². The van der Waals surface area contributed by atoms with Crippen LogP contribution in [0.15, 0.2) is 55.1 Å². The monoisotopic (exact) mass is 284 g/mol. The first-order valence-electron chi connectivity index (χ1n) is 6.33. The van der Waals surface area contributed by atoms with Crippen LogP contribution in [0.3, 0.4) is 0 Å². The van der Waals surface area contributed by atoms with E-state index in [0.717, 1.165) is 22.8 Å². The van der Waals surface area contributed by atoms with Crippen LogP contribution in [0.4, 0.5) is 0 Å². The van der Waals surface area contributed by atoms with Crippen LogP contribution < -0.4 is 0 Å². The minimum Gasteiger partial charge on any atom is -0.348 e. The number of aromatic amines is 1. The fraction of sp³-hybridized carbons (Fsp3) is 0.133. The summed E-state index contributed by atoms with van der Waals surface area (Å²) in [5, 5.41) is 8.82. The van der Waals surface area contributed by atoms with Crippen LogP contribution >= 0.6 is 11.6 Å². The second-order valence-corrected chi connectivity index (χ2v) is 4.97. The van der Waals surface area contributed by atoms with Gasteiger partial charge in [-0.3, -0.25) is 0 Å². The molecule has 1 aromatic carbocycles. The Morgan fingerprint density at radius 1 is 1.15 bits per heavy atom. The van der Waals surface area contributed by atoms with Crippen LogP contribution in [0.5, 0.6) is 0 Å². The summed E-state index contributed by atoms with van der Waals surface area (Å²) in [7, 11) is 0. The molecule has 1 atom stereocenters. The predicted molar refractivity (Wildman–Crippen MR) is 77.6 cm³/mol. The van der Waals surface area contributed by atoms with Crippen LogP contribution in [-0.2, 0) is 6.42 Å². The van der Waals surface area contributed by atoms with Gasteiger partial charge >= 0.3 is 0 Å². The Morgan fingerprint density at radius 3 is 2.65 bits per heavy atom. The lowest BCUT2D eigenvalue weighted by Crippen LogP contribution is -2.07. The highest BCUT2D eigenvalue weighted by Crippen LogP contribution is 2.27. The van der Waals surface area contributed by atoms with Gasteiger partial charge in [0.15, 0.2) is 0 Å². The molecule has 0 saturated carbocycles.